The molecule has 2 unspecified atom stereocenters. The largest absolute Gasteiger partial charge is 0.368 e. The topological polar surface area (TPSA) is 74.7 Å². The molecule has 0 radical (unpaired) electrons. The smallest absolute Gasteiger partial charge is 0.286 e. The first-order valence-corrected chi connectivity index (χ1v) is 11.9. The van der Waals surface area contributed by atoms with Crippen LogP contribution in [0.25, 0.3) is 11.3 Å². The summed E-state index contributed by atoms with van der Waals surface area (Å²) in [6, 6.07) is 5.29. The van der Waals surface area contributed by atoms with E-state index in [1.54, 1.807) is 25.1 Å². The van der Waals surface area contributed by atoms with Gasteiger partial charge in [-0.3, -0.25) is 9.78 Å². The second-order valence-electron chi connectivity index (χ2n) is 8.07. The van der Waals surface area contributed by atoms with E-state index in [2.05, 4.69) is 9.71 Å². The fraction of sp³-hybridized carbons (Fsp3) is 0.455. The Morgan fingerprint density at radius 1 is 1.30 bits per heavy atom. The van der Waals surface area contributed by atoms with Crippen molar-refractivity contribution in [2.45, 2.75) is 43.9 Å². The highest BCUT2D eigenvalue weighted by molar-refractivity contribution is 7.89. The quantitative estimate of drug-likeness (QED) is 0.465. The molecule has 2 fully saturated rings. The molecule has 1 amide bonds. The Hall–Kier alpha value is -2.21. The summed E-state index contributed by atoms with van der Waals surface area (Å²) in [6.45, 7) is 1.26. The van der Waals surface area contributed by atoms with E-state index in [4.69, 9.17) is 4.74 Å². The van der Waals surface area contributed by atoms with Crippen molar-refractivity contribution in [3.8, 4) is 11.3 Å². The summed E-state index contributed by atoms with van der Waals surface area (Å²) in [5.74, 6) is -5.09. The van der Waals surface area contributed by atoms with Crippen molar-refractivity contribution in [3.05, 3.63) is 53.7 Å². The third kappa shape index (κ3) is 5.16. The molecule has 2 aliphatic heterocycles. The maximum Gasteiger partial charge on any atom is 0.286 e. The van der Waals surface area contributed by atoms with Gasteiger partial charge in [0.1, 0.15) is 23.8 Å². The Bertz CT molecular complexity index is 1000. The molecule has 2 aromatic rings. The summed E-state index contributed by atoms with van der Waals surface area (Å²) in [5, 5.41) is 0. The molecule has 4 rings (SSSR count). The zero-order chi connectivity index (χ0) is 23.8. The molecule has 0 spiro atoms. The summed E-state index contributed by atoms with van der Waals surface area (Å²) < 4.78 is 75.1. The van der Waals surface area contributed by atoms with Gasteiger partial charge in [-0.2, -0.15) is 4.55 Å². The predicted molar refractivity (Wildman–Crippen MR) is 116 cm³/mol. The first kappa shape index (κ1) is 23.9. The van der Waals surface area contributed by atoms with E-state index in [1.807, 2.05) is 0 Å². The lowest BCUT2D eigenvalue weighted by Crippen LogP contribution is -2.54. The highest BCUT2D eigenvalue weighted by Gasteiger charge is 2.59. The minimum absolute atomic E-state index is 0.0434. The monoisotopic (exact) mass is 486 g/mol. The molecule has 1 aromatic carbocycles. The zero-order valence-corrected chi connectivity index (χ0v) is 18.6. The number of pyridine rings is 1. The second kappa shape index (κ2) is 9.57. The Morgan fingerprint density at radius 2 is 2.00 bits per heavy atom. The number of ether oxygens (including phenoxy) is 1. The normalized spacial score (nSPS) is 25.0. The molecule has 4 atom stereocenters. The van der Waals surface area contributed by atoms with E-state index in [1.165, 1.54) is 0 Å². The molecule has 0 bridgehead atoms. The van der Waals surface area contributed by atoms with Gasteiger partial charge in [0.15, 0.2) is 5.75 Å². The fourth-order valence-electron chi connectivity index (χ4n) is 4.05. The van der Waals surface area contributed by atoms with Crippen LogP contribution in [0.1, 0.15) is 19.0 Å². The molecular weight excluding hydrogens is 462 g/mol. The summed E-state index contributed by atoms with van der Waals surface area (Å²) in [5.41, 5.74) is 0.851. The van der Waals surface area contributed by atoms with Crippen molar-refractivity contribution >= 4 is 17.3 Å². The molecule has 2 N–H and O–H groups in total. The highest BCUT2D eigenvalue weighted by atomic mass is 32.2. The van der Waals surface area contributed by atoms with Crippen molar-refractivity contribution in [3.63, 3.8) is 0 Å². The lowest BCUT2D eigenvalue weighted by atomic mass is 10.0. The van der Waals surface area contributed by atoms with Gasteiger partial charge in [-0.15, -0.1) is 0 Å². The summed E-state index contributed by atoms with van der Waals surface area (Å²) in [7, 11) is 0. The van der Waals surface area contributed by atoms with Crippen LogP contribution in [0.15, 0.2) is 36.4 Å². The maximum atomic E-state index is 15.0. The Labute approximate surface area is 191 Å². The van der Waals surface area contributed by atoms with Gasteiger partial charge in [-0.25, -0.2) is 17.6 Å². The van der Waals surface area contributed by atoms with Crippen LogP contribution in [0.4, 0.5) is 17.6 Å². The van der Waals surface area contributed by atoms with Gasteiger partial charge in [-0.1, -0.05) is 10.8 Å². The molecule has 0 saturated carbocycles. The number of nitrogens with one attached hydrogen (secondary N) is 1. The van der Waals surface area contributed by atoms with Gasteiger partial charge in [0.25, 0.3) is 11.8 Å². The molecule has 33 heavy (non-hydrogen) atoms. The van der Waals surface area contributed by atoms with Crippen molar-refractivity contribution in [2.24, 2.45) is 0 Å². The summed E-state index contributed by atoms with van der Waals surface area (Å²) >= 11 is -1.46. The average Bonchev–Trinajstić information content (AvgIpc) is 2.96. The number of hydrogen-bond acceptors (Lipinski definition) is 5. The fourth-order valence-corrected chi connectivity index (χ4v) is 4.84. The number of benzene rings is 1. The van der Waals surface area contributed by atoms with Crippen LogP contribution in [0.2, 0.25) is 0 Å². The standard InChI is InChI=1S/C22H24F4N3O3S/c1-2-33(31)28-20-18(29(12-22(20,25)26)21(30)19-6-7-32-19)11-16-4-3-5-17(27-16)13-8-14(23)10-15(24)9-13/h3-5,8-10,18-20,28,31H,2,6-7,11-12H2,1H3/q+1/t18-,19?,20+,33?/m0/s1. The van der Waals surface area contributed by atoms with E-state index in [-0.39, 0.29) is 23.4 Å². The first-order valence-electron chi connectivity index (χ1n) is 10.6. The number of carbonyl (C=O) groups is 1. The number of rotatable bonds is 7. The first-order chi connectivity index (χ1) is 15.7. The molecular formula is C22H24F4N3O3S+. The molecule has 3 heterocycles. The van der Waals surface area contributed by atoms with E-state index in [9.17, 15) is 26.9 Å². The minimum atomic E-state index is -3.28. The number of likely N-dealkylation sites (tertiary alicyclic amines) is 1. The molecule has 0 aliphatic carbocycles. The number of nitrogens with zero attached hydrogens (tertiary/aromatic N) is 2. The second-order valence-corrected chi connectivity index (χ2v) is 9.61. The number of hydrogen-bond donors (Lipinski definition) is 2. The van der Waals surface area contributed by atoms with Crippen LogP contribution in [0.5, 0.6) is 0 Å². The van der Waals surface area contributed by atoms with Gasteiger partial charge in [-0.05, 0) is 31.2 Å². The number of aromatic nitrogens is 1. The van der Waals surface area contributed by atoms with Gasteiger partial charge in [0.05, 0.1) is 24.9 Å². The summed E-state index contributed by atoms with van der Waals surface area (Å²) in [4.78, 5) is 18.4. The number of alkyl halides is 2. The Morgan fingerprint density at radius 3 is 2.61 bits per heavy atom. The zero-order valence-electron chi connectivity index (χ0n) is 17.8. The predicted octanol–water partition coefficient (Wildman–Crippen LogP) is 3.19. The maximum absolute atomic E-state index is 15.0. The van der Waals surface area contributed by atoms with Crippen LogP contribution >= 0.6 is 0 Å². The van der Waals surface area contributed by atoms with E-state index < -0.39 is 59.6 Å². The molecule has 2 saturated heterocycles. The van der Waals surface area contributed by atoms with Crippen molar-refractivity contribution < 1.29 is 31.6 Å². The molecule has 6 nitrogen and oxygen atoms in total. The number of carbonyl (C=O) groups excluding carboxylic acids is 1. The SMILES string of the molecule is CC[S+](O)N[C@@H]1[C@H](Cc2cccc(-c3cc(F)cc(F)c3)n2)N(C(=O)C2CCO2)CC1(F)F. The average molecular weight is 487 g/mol. The molecule has 11 heteroatoms. The van der Waals surface area contributed by atoms with Gasteiger partial charge < -0.3 is 9.64 Å². The van der Waals surface area contributed by atoms with Crippen LogP contribution in [0.3, 0.4) is 0 Å². The molecule has 2 aliphatic rings. The minimum Gasteiger partial charge on any atom is -0.368 e. The van der Waals surface area contributed by atoms with Crippen molar-refractivity contribution in [2.75, 3.05) is 18.9 Å². The van der Waals surface area contributed by atoms with E-state index >= 15 is 0 Å². The lowest BCUT2D eigenvalue weighted by molar-refractivity contribution is -0.158. The Balaban J connectivity index is 1.65. The van der Waals surface area contributed by atoms with Crippen molar-refractivity contribution in [1.29, 1.82) is 0 Å². The summed E-state index contributed by atoms with van der Waals surface area (Å²) in [6.07, 6.45) is -0.336. The van der Waals surface area contributed by atoms with Crippen LogP contribution in [-0.2, 0) is 27.3 Å². The Kier molecular flexibility index (Phi) is 6.94. The highest BCUT2D eigenvalue weighted by Crippen LogP contribution is 2.36. The number of halogens is 4. The van der Waals surface area contributed by atoms with Crippen LogP contribution in [0, 0.1) is 11.6 Å². The molecule has 1 aromatic heterocycles. The third-order valence-corrected chi connectivity index (χ3v) is 6.87. The van der Waals surface area contributed by atoms with Crippen molar-refractivity contribution in [1.82, 2.24) is 14.6 Å². The van der Waals surface area contributed by atoms with E-state index in [0.717, 1.165) is 23.1 Å². The number of amides is 1. The van der Waals surface area contributed by atoms with Gasteiger partial charge >= 0.3 is 0 Å². The van der Waals surface area contributed by atoms with Gasteiger partial charge in [0, 0.05) is 30.2 Å². The van der Waals surface area contributed by atoms with Crippen LogP contribution < -0.4 is 4.72 Å². The van der Waals surface area contributed by atoms with Gasteiger partial charge in [0.2, 0.25) is 11.4 Å². The van der Waals surface area contributed by atoms with E-state index in [0.29, 0.717) is 18.7 Å². The lowest BCUT2D eigenvalue weighted by Gasteiger charge is -2.33. The van der Waals surface area contributed by atoms with Crippen LogP contribution in [-0.4, -0.2) is 63.4 Å². The third-order valence-electron chi connectivity index (χ3n) is 5.80. The molecule has 178 valence electrons.